The van der Waals surface area contributed by atoms with Gasteiger partial charge in [-0.1, -0.05) is 36.9 Å². The molecule has 1 aliphatic rings. The normalized spacial score (nSPS) is 15.2. The Morgan fingerprint density at radius 2 is 1.67 bits per heavy atom. The van der Waals surface area contributed by atoms with Crippen molar-refractivity contribution >= 4 is 17.3 Å². The number of carbonyl (C=O) groups is 2. The number of hydrogen-bond donors (Lipinski definition) is 1. The predicted octanol–water partition coefficient (Wildman–Crippen LogP) is 1.91. The number of fused-ring (bicyclic) bond motifs is 1. The van der Waals surface area contributed by atoms with Crippen LogP contribution in [0.4, 0.5) is 0 Å². The Morgan fingerprint density at radius 3 is 2.27 bits per heavy atom. The Morgan fingerprint density at radius 1 is 1.07 bits per heavy atom. The van der Waals surface area contributed by atoms with Crippen molar-refractivity contribution in [2.45, 2.75) is 0 Å². The van der Waals surface area contributed by atoms with Crippen LogP contribution >= 0.6 is 0 Å². The third kappa shape index (κ3) is 1.21. The van der Waals surface area contributed by atoms with Crippen LogP contribution < -0.4 is 0 Å². The van der Waals surface area contributed by atoms with E-state index in [0.717, 1.165) is 0 Å². The summed E-state index contributed by atoms with van der Waals surface area (Å²) in [5.41, 5.74) is 0.598. The fraction of sp³-hybridized carbons (Fsp3) is 0. The molecule has 0 amide bonds. The molecule has 1 aliphatic carbocycles. The molecule has 0 aromatic heterocycles. The summed E-state index contributed by atoms with van der Waals surface area (Å²) in [5.74, 6) is -1.48. The first kappa shape index (κ1) is 9.40. The van der Waals surface area contributed by atoms with Gasteiger partial charge < -0.3 is 5.11 Å². The molecule has 0 saturated heterocycles. The summed E-state index contributed by atoms with van der Waals surface area (Å²) in [6.45, 7) is 3.40. The molecule has 0 spiro atoms. The van der Waals surface area contributed by atoms with Gasteiger partial charge in [0.05, 0.1) is 5.57 Å². The van der Waals surface area contributed by atoms with Gasteiger partial charge in [0, 0.05) is 11.1 Å². The Kier molecular flexibility index (Phi) is 2.01. The lowest BCUT2D eigenvalue weighted by molar-refractivity contribution is -0.111. The fourth-order valence-corrected chi connectivity index (χ4v) is 1.57. The summed E-state index contributed by atoms with van der Waals surface area (Å²) >= 11 is 0. The van der Waals surface area contributed by atoms with Gasteiger partial charge in [-0.25, -0.2) is 0 Å². The van der Waals surface area contributed by atoms with Crippen molar-refractivity contribution in [1.82, 2.24) is 0 Å². The van der Waals surface area contributed by atoms with Gasteiger partial charge in [0.25, 0.3) is 0 Å². The van der Waals surface area contributed by atoms with Gasteiger partial charge in [-0.3, -0.25) is 9.59 Å². The van der Waals surface area contributed by atoms with Crippen LogP contribution in [0.3, 0.4) is 0 Å². The lowest BCUT2D eigenvalue weighted by Gasteiger charge is -2.14. The smallest absolute Gasteiger partial charge is 0.237 e. The maximum absolute atomic E-state index is 11.6. The van der Waals surface area contributed by atoms with Crippen molar-refractivity contribution in [3.63, 3.8) is 0 Å². The molecular weight excluding hydrogens is 192 g/mol. The molecule has 0 atom stereocenters. The Labute approximate surface area is 86.4 Å². The number of ketones is 2. The maximum Gasteiger partial charge on any atom is 0.237 e. The van der Waals surface area contributed by atoms with Crippen molar-refractivity contribution in [2.24, 2.45) is 0 Å². The number of Topliss-reactive ketones (excluding diaryl/α,β-unsaturated/α-hetero) is 2. The van der Waals surface area contributed by atoms with E-state index < -0.39 is 11.6 Å². The van der Waals surface area contributed by atoms with Crippen molar-refractivity contribution in [2.75, 3.05) is 0 Å². The Hall–Kier alpha value is -2.16. The topological polar surface area (TPSA) is 54.4 Å². The number of benzene rings is 1. The summed E-state index contributed by atoms with van der Waals surface area (Å²) in [6.07, 6.45) is 1.20. The van der Waals surface area contributed by atoms with Crippen LogP contribution in [0.15, 0.2) is 42.5 Å². The second-order valence-electron chi connectivity index (χ2n) is 3.17. The van der Waals surface area contributed by atoms with E-state index in [0.29, 0.717) is 5.56 Å². The molecule has 1 aromatic carbocycles. The quantitative estimate of drug-likeness (QED) is 0.704. The largest absolute Gasteiger partial charge is 0.507 e. The Bertz CT molecular complexity index is 509. The zero-order valence-corrected chi connectivity index (χ0v) is 7.86. The first-order valence-electron chi connectivity index (χ1n) is 4.41. The molecule has 0 saturated carbocycles. The van der Waals surface area contributed by atoms with Crippen LogP contribution in [0.1, 0.15) is 15.9 Å². The molecule has 3 heteroatoms. The summed E-state index contributed by atoms with van der Waals surface area (Å²) in [6, 6.07) is 6.46. The summed E-state index contributed by atoms with van der Waals surface area (Å²) in [4.78, 5) is 23.1. The summed E-state index contributed by atoms with van der Waals surface area (Å²) in [7, 11) is 0. The highest BCUT2D eigenvalue weighted by Gasteiger charge is 2.30. The Balaban J connectivity index is 2.79. The third-order valence-corrected chi connectivity index (χ3v) is 2.34. The van der Waals surface area contributed by atoms with Gasteiger partial charge in [-0.05, 0) is 0 Å². The van der Waals surface area contributed by atoms with Crippen LogP contribution in [-0.4, -0.2) is 16.7 Å². The van der Waals surface area contributed by atoms with Crippen molar-refractivity contribution in [1.29, 1.82) is 0 Å². The van der Waals surface area contributed by atoms with Crippen LogP contribution in [0.5, 0.6) is 0 Å². The molecule has 74 valence electrons. The standard InChI is InChI=1S/C12H8O3/c1-2-7-10(13)8-5-3-4-6-9(8)12(15)11(7)14/h2-6,13H,1H2. The van der Waals surface area contributed by atoms with Gasteiger partial charge in [0.2, 0.25) is 11.6 Å². The maximum atomic E-state index is 11.6. The van der Waals surface area contributed by atoms with E-state index in [1.807, 2.05) is 0 Å². The molecule has 3 nitrogen and oxygen atoms in total. The number of hydrogen-bond acceptors (Lipinski definition) is 3. The molecule has 0 fully saturated rings. The first-order chi connectivity index (χ1) is 7.16. The second kappa shape index (κ2) is 3.20. The van der Waals surface area contributed by atoms with Gasteiger partial charge in [0.1, 0.15) is 5.76 Å². The highest BCUT2D eigenvalue weighted by Crippen LogP contribution is 2.27. The molecule has 0 radical (unpaired) electrons. The number of aliphatic hydroxyl groups is 1. The molecule has 0 unspecified atom stereocenters. The van der Waals surface area contributed by atoms with Crippen LogP contribution in [0, 0.1) is 0 Å². The number of rotatable bonds is 1. The average Bonchev–Trinajstić information content (AvgIpc) is 2.27. The van der Waals surface area contributed by atoms with Gasteiger partial charge >= 0.3 is 0 Å². The number of allylic oxidation sites excluding steroid dienone is 2. The van der Waals surface area contributed by atoms with E-state index in [2.05, 4.69) is 6.58 Å². The third-order valence-electron chi connectivity index (χ3n) is 2.34. The summed E-state index contributed by atoms with van der Waals surface area (Å²) in [5, 5.41) is 9.74. The van der Waals surface area contributed by atoms with E-state index in [4.69, 9.17) is 0 Å². The minimum Gasteiger partial charge on any atom is -0.507 e. The SMILES string of the molecule is C=CC1=C(O)c2ccccc2C(=O)C1=O. The number of aliphatic hydroxyl groups excluding tert-OH is 1. The zero-order valence-electron chi connectivity index (χ0n) is 7.86. The van der Waals surface area contributed by atoms with Gasteiger partial charge in [0.15, 0.2) is 0 Å². The van der Waals surface area contributed by atoms with E-state index >= 15 is 0 Å². The molecule has 1 N–H and O–H groups in total. The minimum atomic E-state index is -0.707. The average molecular weight is 200 g/mol. The van der Waals surface area contributed by atoms with Crippen molar-refractivity contribution in [3.05, 3.63) is 53.6 Å². The van der Waals surface area contributed by atoms with Crippen molar-refractivity contribution < 1.29 is 14.7 Å². The molecular formula is C12H8O3. The lowest BCUT2D eigenvalue weighted by Crippen LogP contribution is -2.22. The molecule has 2 rings (SSSR count). The molecule has 1 aromatic rings. The molecule has 0 aliphatic heterocycles. The van der Waals surface area contributed by atoms with Gasteiger partial charge in [-0.2, -0.15) is 0 Å². The van der Waals surface area contributed by atoms with Crippen LogP contribution in [-0.2, 0) is 4.79 Å². The van der Waals surface area contributed by atoms with Crippen LogP contribution in [0.2, 0.25) is 0 Å². The van der Waals surface area contributed by atoms with Crippen molar-refractivity contribution in [3.8, 4) is 0 Å². The van der Waals surface area contributed by atoms with E-state index in [1.54, 1.807) is 18.2 Å². The minimum absolute atomic E-state index is 0.0290. The van der Waals surface area contributed by atoms with E-state index in [1.165, 1.54) is 12.1 Å². The molecule has 0 bridgehead atoms. The highest BCUT2D eigenvalue weighted by atomic mass is 16.3. The highest BCUT2D eigenvalue weighted by molar-refractivity contribution is 6.52. The van der Waals surface area contributed by atoms with Gasteiger partial charge in [-0.15, -0.1) is 0 Å². The van der Waals surface area contributed by atoms with E-state index in [-0.39, 0.29) is 16.9 Å². The predicted molar refractivity (Wildman–Crippen MR) is 55.5 cm³/mol. The van der Waals surface area contributed by atoms with E-state index in [9.17, 15) is 14.7 Å². The summed E-state index contributed by atoms with van der Waals surface area (Å²) < 4.78 is 0. The molecule has 15 heavy (non-hydrogen) atoms. The first-order valence-corrected chi connectivity index (χ1v) is 4.41. The zero-order chi connectivity index (χ0) is 11.0. The fourth-order valence-electron chi connectivity index (χ4n) is 1.57. The monoisotopic (exact) mass is 200 g/mol. The van der Waals surface area contributed by atoms with Crippen LogP contribution in [0.25, 0.3) is 5.76 Å². The lowest BCUT2D eigenvalue weighted by atomic mass is 9.88. The molecule has 0 heterocycles. The number of carbonyl (C=O) groups excluding carboxylic acids is 2. The second-order valence-corrected chi connectivity index (χ2v) is 3.17.